The van der Waals surface area contributed by atoms with Gasteiger partial charge >= 0.3 is 0 Å². The second kappa shape index (κ2) is 14.6. The summed E-state index contributed by atoms with van der Waals surface area (Å²) in [5, 5.41) is 8.31. The van der Waals surface area contributed by atoms with Gasteiger partial charge in [0.15, 0.2) is 0 Å². The Morgan fingerprint density at radius 3 is 2.46 bits per heavy atom. The van der Waals surface area contributed by atoms with Crippen molar-refractivity contribution < 1.29 is 14.2 Å². The molecule has 0 saturated heterocycles. The molecule has 0 bridgehead atoms. The number of ether oxygens (including phenoxy) is 3. The first kappa shape index (κ1) is 21.3. The van der Waals surface area contributed by atoms with E-state index in [9.17, 15) is 0 Å². The molecule has 140 valence electrons. The Bertz CT molecular complexity index is 408. The van der Waals surface area contributed by atoms with Gasteiger partial charge in [0.25, 0.3) is 0 Å². The smallest absolute Gasteiger partial charge is 0.0967 e. The first-order chi connectivity index (χ1) is 11.8. The highest BCUT2D eigenvalue weighted by atomic mass is 32.2. The summed E-state index contributed by atoms with van der Waals surface area (Å²) in [6.07, 6.45) is 4.09. The number of thioether (sulfide) groups is 1. The maximum absolute atomic E-state index is 5.52. The quantitative estimate of drug-likeness (QED) is 0.414. The summed E-state index contributed by atoms with van der Waals surface area (Å²) < 4.78 is 17.9. The van der Waals surface area contributed by atoms with E-state index in [1.54, 1.807) is 0 Å². The van der Waals surface area contributed by atoms with Crippen molar-refractivity contribution in [3.05, 3.63) is 11.9 Å². The minimum atomic E-state index is 0.543. The molecule has 1 rings (SSSR count). The van der Waals surface area contributed by atoms with Gasteiger partial charge in [-0.25, -0.2) is 4.68 Å². The lowest BCUT2D eigenvalue weighted by atomic mass is 10.4. The van der Waals surface area contributed by atoms with Gasteiger partial charge in [-0.3, -0.25) is 4.90 Å². The lowest BCUT2D eigenvalue weighted by molar-refractivity contribution is 0.0141. The predicted octanol–water partition coefficient (Wildman–Crippen LogP) is 0.0814. The van der Waals surface area contributed by atoms with E-state index in [1.807, 2.05) is 22.6 Å². The molecule has 0 atom stereocenters. The highest BCUT2D eigenvalue weighted by Gasteiger charge is 2.04. The average molecular weight is 362 g/mol. The van der Waals surface area contributed by atoms with E-state index in [-0.39, 0.29) is 0 Å². The molecule has 9 heteroatoms. The van der Waals surface area contributed by atoms with Crippen LogP contribution in [0.15, 0.2) is 6.20 Å². The summed E-state index contributed by atoms with van der Waals surface area (Å²) in [5.74, 6) is 1.12. The topological polar surface area (TPSA) is 87.7 Å². The number of nitrogens with zero attached hydrogens (tertiary/aromatic N) is 4. The summed E-state index contributed by atoms with van der Waals surface area (Å²) in [6.45, 7) is 6.55. The second-order valence-corrected chi connectivity index (χ2v) is 6.31. The number of aromatic nitrogens is 3. The molecule has 1 heterocycles. The van der Waals surface area contributed by atoms with Gasteiger partial charge in [-0.2, -0.15) is 11.8 Å². The molecule has 0 aliphatic rings. The molecule has 0 aromatic carbocycles. The first-order valence-electron chi connectivity index (χ1n) is 8.26. The van der Waals surface area contributed by atoms with Crippen LogP contribution in [0.2, 0.25) is 0 Å². The van der Waals surface area contributed by atoms with Crippen LogP contribution in [-0.2, 0) is 27.3 Å². The second-order valence-electron chi connectivity index (χ2n) is 5.33. The monoisotopic (exact) mass is 361 g/mol. The van der Waals surface area contributed by atoms with Crippen LogP contribution in [0.3, 0.4) is 0 Å². The van der Waals surface area contributed by atoms with Gasteiger partial charge < -0.3 is 19.9 Å². The number of nitrogens with two attached hydrogens (primary N) is 1. The Morgan fingerprint density at radius 1 is 1.12 bits per heavy atom. The van der Waals surface area contributed by atoms with E-state index in [1.165, 1.54) is 0 Å². The van der Waals surface area contributed by atoms with Gasteiger partial charge in [0.1, 0.15) is 0 Å². The van der Waals surface area contributed by atoms with Crippen LogP contribution < -0.4 is 5.73 Å². The Labute approximate surface area is 149 Å². The molecule has 0 radical (unpaired) electrons. The van der Waals surface area contributed by atoms with Gasteiger partial charge in [0.05, 0.1) is 51.9 Å². The summed E-state index contributed by atoms with van der Waals surface area (Å²) in [4.78, 5) is 2.25. The fourth-order valence-electron chi connectivity index (χ4n) is 1.91. The maximum Gasteiger partial charge on any atom is 0.0967 e. The summed E-state index contributed by atoms with van der Waals surface area (Å²) in [5.41, 5.74) is 6.30. The standard InChI is InChI=1S/C15H31N5O3S/c1-19(5-12-24-2)13-15-14-20(18-17-15)4-7-22-9-11-23-10-8-21-6-3-16/h14H,3-13,16H2,1-2H3. The molecule has 0 saturated carbocycles. The van der Waals surface area contributed by atoms with Crippen molar-refractivity contribution >= 4 is 11.8 Å². The number of hydrogen-bond donors (Lipinski definition) is 1. The van der Waals surface area contributed by atoms with Crippen LogP contribution in [0.25, 0.3) is 0 Å². The lowest BCUT2D eigenvalue weighted by Gasteiger charge is -2.13. The molecule has 8 nitrogen and oxygen atoms in total. The van der Waals surface area contributed by atoms with Crippen molar-refractivity contribution in [3.63, 3.8) is 0 Å². The van der Waals surface area contributed by atoms with E-state index in [2.05, 4.69) is 28.5 Å². The molecular formula is C15H31N5O3S. The zero-order chi connectivity index (χ0) is 17.5. The maximum atomic E-state index is 5.52. The van der Waals surface area contributed by atoms with Crippen molar-refractivity contribution in [2.75, 3.05) is 71.8 Å². The van der Waals surface area contributed by atoms with E-state index < -0.39 is 0 Å². The van der Waals surface area contributed by atoms with Gasteiger partial charge in [-0.1, -0.05) is 5.21 Å². The van der Waals surface area contributed by atoms with Crippen LogP contribution in [-0.4, -0.2) is 91.7 Å². The summed E-state index contributed by atoms with van der Waals surface area (Å²) >= 11 is 1.85. The minimum Gasteiger partial charge on any atom is -0.378 e. The molecule has 24 heavy (non-hydrogen) atoms. The van der Waals surface area contributed by atoms with Gasteiger partial charge in [-0.15, -0.1) is 5.10 Å². The van der Waals surface area contributed by atoms with E-state index >= 15 is 0 Å². The van der Waals surface area contributed by atoms with Crippen molar-refractivity contribution in [2.45, 2.75) is 13.1 Å². The van der Waals surface area contributed by atoms with Crippen LogP contribution >= 0.6 is 11.8 Å². The Kier molecular flexibility index (Phi) is 13.0. The molecule has 1 aromatic heterocycles. The molecule has 0 unspecified atom stereocenters. The van der Waals surface area contributed by atoms with E-state index in [4.69, 9.17) is 19.9 Å². The normalized spacial score (nSPS) is 11.5. The molecule has 1 aromatic rings. The van der Waals surface area contributed by atoms with Crippen LogP contribution in [0.5, 0.6) is 0 Å². The fraction of sp³-hybridized carbons (Fsp3) is 0.867. The van der Waals surface area contributed by atoms with Crippen molar-refractivity contribution in [1.29, 1.82) is 0 Å². The van der Waals surface area contributed by atoms with Crippen LogP contribution in [0.4, 0.5) is 0 Å². The van der Waals surface area contributed by atoms with Gasteiger partial charge in [-0.05, 0) is 13.3 Å². The molecule has 0 amide bonds. The number of hydrogen-bond acceptors (Lipinski definition) is 8. The zero-order valence-corrected chi connectivity index (χ0v) is 15.7. The summed E-state index contributed by atoms with van der Waals surface area (Å²) in [6, 6.07) is 0. The summed E-state index contributed by atoms with van der Waals surface area (Å²) in [7, 11) is 2.10. The fourth-order valence-corrected chi connectivity index (χ4v) is 2.40. The van der Waals surface area contributed by atoms with Crippen molar-refractivity contribution in [2.24, 2.45) is 5.73 Å². The lowest BCUT2D eigenvalue weighted by Crippen LogP contribution is -2.20. The number of rotatable bonds is 16. The highest BCUT2D eigenvalue weighted by Crippen LogP contribution is 2.00. The average Bonchev–Trinajstić information content (AvgIpc) is 3.02. The largest absolute Gasteiger partial charge is 0.378 e. The molecule has 2 N–H and O–H groups in total. The Balaban J connectivity index is 1.99. The van der Waals surface area contributed by atoms with Crippen LogP contribution in [0.1, 0.15) is 5.69 Å². The minimum absolute atomic E-state index is 0.543. The van der Waals surface area contributed by atoms with Crippen molar-refractivity contribution in [1.82, 2.24) is 19.9 Å². The molecule has 0 spiro atoms. The van der Waals surface area contributed by atoms with E-state index in [0.717, 1.165) is 24.5 Å². The van der Waals surface area contributed by atoms with Crippen molar-refractivity contribution in [3.8, 4) is 0 Å². The zero-order valence-electron chi connectivity index (χ0n) is 14.9. The third-order valence-corrected chi connectivity index (χ3v) is 3.76. The Morgan fingerprint density at radius 2 is 1.79 bits per heavy atom. The van der Waals surface area contributed by atoms with Crippen LogP contribution in [0, 0.1) is 0 Å². The molecule has 0 aliphatic carbocycles. The van der Waals surface area contributed by atoms with Gasteiger partial charge in [0.2, 0.25) is 0 Å². The third-order valence-electron chi connectivity index (χ3n) is 3.17. The predicted molar refractivity (Wildman–Crippen MR) is 96.2 cm³/mol. The Hall–Kier alpha value is -0.710. The highest BCUT2D eigenvalue weighted by molar-refractivity contribution is 7.98. The molecule has 0 fully saturated rings. The first-order valence-corrected chi connectivity index (χ1v) is 9.65. The third kappa shape index (κ3) is 11.0. The molecule has 0 aliphatic heterocycles. The molecular weight excluding hydrogens is 330 g/mol. The van der Waals surface area contributed by atoms with Gasteiger partial charge in [0, 0.05) is 31.6 Å². The van der Waals surface area contributed by atoms with E-state index in [0.29, 0.717) is 52.7 Å². The SMILES string of the molecule is CSCCN(C)Cc1cn(CCOCCOCCOCCN)nn1.